The van der Waals surface area contributed by atoms with E-state index in [4.69, 9.17) is 5.90 Å². The minimum atomic E-state index is -1.55. The first-order chi connectivity index (χ1) is 8.11. The number of nitrogens with zero attached hydrogens (tertiary/aromatic N) is 2. The van der Waals surface area contributed by atoms with E-state index in [1.54, 1.807) is 0 Å². The molecule has 1 heterocycles. The molecule has 2 aromatic rings. The van der Waals surface area contributed by atoms with E-state index < -0.39 is 17.5 Å². The van der Waals surface area contributed by atoms with Gasteiger partial charge in [-0.15, -0.1) is 0 Å². The normalized spacial score (nSPS) is 10.8. The molecular formula is C9H6F3N3O2. The Bertz CT molecular complexity index is 521. The van der Waals surface area contributed by atoms with Crippen LogP contribution in [0, 0.1) is 17.5 Å². The van der Waals surface area contributed by atoms with E-state index in [9.17, 15) is 13.2 Å². The van der Waals surface area contributed by atoms with Gasteiger partial charge in [-0.3, -0.25) is 4.84 Å². The van der Waals surface area contributed by atoms with Gasteiger partial charge in [0.1, 0.15) is 6.61 Å². The monoisotopic (exact) mass is 245 g/mol. The van der Waals surface area contributed by atoms with Crippen LogP contribution in [0.3, 0.4) is 0 Å². The summed E-state index contributed by atoms with van der Waals surface area (Å²) < 4.78 is 43.2. The Hall–Kier alpha value is -1.93. The largest absolute Gasteiger partial charge is 0.336 e. The third-order valence-electron chi connectivity index (χ3n) is 1.92. The average Bonchev–Trinajstić information content (AvgIpc) is 2.74. The Kier molecular flexibility index (Phi) is 3.07. The summed E-state index contributed by atoms with van der Waals surface area (Å²) in [6.07, 6.45) is 0. The number of nitrogens with two attached hydrogens (primary N) is 1. The molecule has 0 aliphatic carbocycles. The van der Waals surface area contributed by atoms with E-state index >= 15 is 0 Å². The first-order valence-corrected chi connectivity index (χ1v) is 4.41. The molecule has 90 valence electrons. The van der Waals surface area contributed by atoms with Gasteiger partial charge < -0.3 is 4.52 Å². The predicted molar refractivity (Wildman–Crippen MR) is 48.6 cm³/mol. The molecule has 0 saturated carbocycles. The Labute approximate surface area is 92.9 Å². The van der Waals surface area contributed by atoms with Crippen molar-refractivity contribution in [3.8, 4) is 11.4 Å². The zero-order valence-corrected chi connectivity index (χ0v) is 8.28. The molecule has 2 N–H and O–H groups in total. The second-order valence-electron chi connectivity index (χ2n) is 3.08. The van der Waals surface area contributed by atoms with Crippen LogP contribution < -0.4 is 5.90 Å². The smallest absolute Gasteiger partial charge is 0.255 e. The van der Waals surface area contributed by atoms with E-state index in [1.807, 2.05) is 0 Å². The highest BCUT2D eigenvalue weighted by molar-refractivity contribution is 5.54. The van der Waals surface area contributed by atoms with Crippen LogP contribution in [0.25, 0.3) is 11.4 Å². The number of benzene rings is 1. The van der Waals surface area contributed by atoms with Gasteiger partial charge >= 0.3 is 0 Å². The predicted octanol–water partition coefficient (Wildman–Crippen LogP) is 1.54. The molecule has 8 heteroatoms. The van der Waals surface area contributed by atoms with Gasteiger partial charge in [0, 0.05) is 5.56 Å². The maximum absolute atomic E-state index is 12.9. The SMILES string of the molecule is NOCc1nc(-c2cc(F)c(F)c(F)c2)no1. The van der Waals surface area contributed by atoms with Crippen molar-refractivity contribution in [2.24, 2.45) is 5.90 Å². The molecule has 0 aliphatic rings. The van der Waals surface area contributed by atoms with Crippen molar-refractivity contribution >= 4 is 0 Å². The third kappa shape index (κ3) is 2.27. The number of hydrogen-bond donors (Lipinski definition) is 1. The fraction of sp³-hybridized carbons (Fsp3) is 0.111. The summed E-state index contributed by atoms with van der Waals surface area (Å²) in [5, 5.41) is 3.44. The van der Waals surface area contributed by atoms with Crippen molar-refractivity contribution in [1.82, 2.24) is 10.1 Å². The van der Waals surface area contributed by atoms with Crippen molar-refractivity contribution in [2.75, 3.05) is 0 Å². The topological polar surface area (TPSA) is 74.2 Å². The number of aromatic nitrogens is 2. The van der Waals surface area contributed by atoms with Gasteiger partial charge in [0.15, 0.2) is 17.5 Å². The van der Waals surface area contributed by atoms with E-state index in [1.165, 1.54) is 0 Å². The molecule has 1 aromatic carbocycles. The second kappa shape index (κ2) is 4.52. The molecule has 0 bridgehead atoms. The Morgan fingerprint density at radius 3 is 2.47 bits per heavy atom. The highest BCUT2D eigenvalue weighted by Gasteiger charge is 2.15. The molecule has 0 saturated heterocycles. The summed E-state index contributed by atoms with van der Waals surface area (Å²) in [4.78, 5) is 7.98. The van der Waals surface area contributed by atoms with Crippen molar-refractivity contribution in [3.05, 3.63) is 35.5 Å². The van der Waals surface area contributed by atoms with E-state index in [-0.39, 0.29) is 23.9 Å². The van der Waals surface area contributed by atoms with Gasteiger partial charge in [0.2, 0.25) is 5.82 Å². The zero-order chi connectivity index (χ0) is 12.4. The minimum absolute atomic E-state index is 0.0349. The van der Waals surface area contributed by atoms with E-state index in [0.29, 0.717) is 0 Å². The molecule has 0 amide bonds. The first kappa shape index (κ1) is 11.6. The highest BCUT2D eigenvalue weighted by Crippen LogP contribution is 2.21. The molecule has 17 heavy (non-hydrogen) atoms. The average molecular weight is 245 g/mol. The van der Waals surface area contributed by atoms with Crippen LogP contribution in [-0.2, 0) is 11.4 Å². The maximum Gasteiger partial charge on any atom is 0.255 e. The lowest BCUT2D eigenvalue weighted by Gasteiger charge is -1.97. The molecule has 2 rings (SSSR count). The van der Waals surface area contributed by atoms with Crippen LogP contribution in [0.2, 0.25) is 0 Å². The maximum atomic E-state index is 12.9. The molecule has 0 unspecified atom stereocenters. The molecule has 0 radical (unpaired) electrons. The summed E-state index contributed by atoms with van der Waals surface area (Å²) >= 11 is 0. The van der Waals surface area contributed by atoms with Gasteiger partial charge in [-0.1, -0.05) is 5.16 Å². The standard InChI is InChI=1S/C9H6F3N3O2/c10-5-1-4(2-6(11)8(5)12)9-14-7(3-16-13)17-15-9/h1-2H,3,13H2. The fourth-order valence-corrected chi connectivity index (χ4v) is 1.19. The lowest BCUT2D eigenvalue weighted by molar-refractivity contribution is 0.0996. The van der Waals surface area contributed by atoms with Crippen molar-refractivity contribution in [1.29, 1.82) is 0 Å². The number of rotatable bonds is 3. The lowest BCUT2D eigenvalue weighted by atomic mass is 10.2. The Morgan fingerprint density at radius 2 is 1.88 bits per heavy atom. The molecule has 1 aromatic heterocycles. The van der Waals surface area contributed by atoms with Gasteiger partial charge in [-0.2, -0.15) is 4.98 Å². The van der Waals surface area contributed by atoms with Crippen LogP contribution >= 0.6 is 0 Å². The quantitative estimate of drug-likeness (QED) is 0.655. The van der Waals surface area contributed by atoms with Gasteiger partial charge in [0.25, 0.3) is 5.89 Å². The summed E-state index contributed by atoms with van der Waals surface area (Å²) in [7, 11) is 0. The highest BCUT2D eigenvalue weighted by atomic mass is 19.2. The van der Waals surface area contributed by atoms with Crippen LogP contribution in [0.5, 0.6) is 0 Å². The van der Waals surface area contributed by atoms with E-state index in [0.717, 1.165) is 12.1 Å². The summed E-state index contributed by atoms with van der Waals surface area (Å²) in [5.74, 6) is 0.509. The fourth-order valence-electron chi connectivity index (χ4n) is 1.19. The third-order valence-corrected chi connectivity index (χ3v) is 1.92. The van der Waals surface area contributed by atoms with Gasteiger partial charge in [0.05, 0.1) is 0 Å². The molecule has 0 aliphatic heterocycles. The Balaban J connectivity index is 2.39. The molecule has 5 nitrogen and oxygen atoms in total. The van der Waals surface area contributed by atoms with Crippen molar-refractivity contribution < 1.29 is 22.5 Å². The van der Waals surface area contributed by atoms with Gasteiger partial charge in [-0.25, -0.2) is 19.1 Å². The van der Waals surface area contributed by atoms with Crippen molar-refractivity contribution in [2.45, 2.75) is 6.61 Å². The first-order valence-electron chi connectivity index (χ1n) is 4.41. The van der Waals surface area contributed by atoms with Gasteiger partial charge in [-0.05, 0) is 12.1 Å². The molecule has 0 atom stereocenters. The molecule has 0 spiro atoms. The number of halogens is 3. The summed E-state index contributed by atoms with van der Waals surface area (Å²) in [5.41, 5.74) is -0.0478. The molecule has 0 fully saturated rings. The van der Waals surface area contributed by atoms with E-state index in [2.05, 4.69) is 19.5 Å². The summed E-state index contributed by atoms with van der Waals surface area (Å²) in [6.45, 7) is -0.140. The Morgan fingerprint density at radius 1 is 1.24 bits per heavy atom. The van der Waals surface area contributed by atoms with Crippen LogP contribution in [0.15, 0.2) is 16.7 Å². The zero-order valence-electron chi connectivity index (χ0n) is 8.28. The van der Waals surface area contributed by atoms with Crippen molar-refractivity contribution in [3.63, 3.8) is 0 Å². The van der Waals surface area contributed by atoms with Crippen LogP contribution in [0.1, 0.15) is 5.89 Å². The summed E-state index contributed by atoms with van der Waals surface area (Å²) in [6, 6.07) is 1.52. The van der Waals surface area contributed by atoms with Crippen LogP contribution in [-0.4, -0.2) is 10.1 Å². The van der Waals surface area contributed by atoms with Crippen LogP contribution in [0.4, 0.5) is 13.2 Å². The second-order valence-corrected chi connectivity index (χ2v) is 3.08. The minimum Gasteiger partial charge on any atom is -0.336 e. The molecular weight excluding hydrogens is 239 g/mol. The number of hydrogen-bond acceptors (Lipinski definition) is 5. The lowest BCUT2D eigenvalue weighted by Crippen LogP contribution is -1.98.